The number of nitrogens with one attached hydrogen (secondary N) is 2. The molecule has 26 heavy (non-hydrogen) atoms. The predicted molar refractivity (Wildman–Crippen MR) is 112 cm³/mol. The van der Waals surface area contributed by atoms with Gasteiger partial charge in [-0.3, -0.25) is 9.69 Å². The van der Waals surface area contributed by atoms with Crippen molar-refractivity contribution in [3.05, 3.63) is 29.8 Å². The number of rotatable bonds is 9. The molecule has 0 radical (unpaired) electrons. The molecule has 0 spiro atoms. The van der Waals surface area contributed by atoms with Gasteiger partial charge in [0.05, 0.1) is 13.2 Å². The molecular formula is C19H33Cl2N3O2. The summed E-state index contributed by atoms with van der Waals surface area (Å²) in [6.07, 6.45) is 0. The fourth-order valence-electron chi connectivity index (χ4n) is 3.21. The first-order chi connectivity index (χ1) is 11.6. The summed E-state index contributed by atoms with van der Waals surface area (Å²) in [6, 6.07) is 8.29. The van der Waals surface area contributed by atoms with Crippen LogP contribution in [0.15, 0.2) is 24.3 Å². The van der Waals surface area contributed by atoms with Crippen LogP contribution in [0.25, 0.3) is 0 Å². The third-order valence-corrected chi connectivity index (χ3v) is 5.14. The van der Waals surface area contributed by atoms with Gasteiger partial charge in [-0.25, -0.2) is 0 Å². The Morgan fingerprint density at radius 1 is 1.31 bits per heavy atom. The van der Waals surface area contributed by atoms with E-state index in [2.05, 4.69) is 41.5 Å². The van der Waals surface area contributed by atoms with Crippen molar-refractivity contribution in [1.29, 1.82) is 0 Å². The molecule has 1 aliphatic rings. The number of methoxy groups -OCH3 is 1. The molecule has 150 valence electrons. The summed E-state index contributed by atoms with van der Waals surface area (Å²) in [5.41, 5.74) is 1.18. The number of carbonyl (C=O) groups excluding carboxylic acids is 1. The number of likely N-dealkylation sites (N-methyl/N-ethyl adjacent to an activating group) is 1. The Morgan fingerprint density at radius 2 is 1.96 bits per heavy atom. The zero-order chi connectivity index (χ0) is 17.5. The van der Waals surface area contributed by atoms with Gasteiger partial charge in [0.1, 0.15) is 5.75 Å². The fourth-order valence-corrected chi connectivity index (χ4v) is 3.21. The summed E-state index contributed by atoms with van der Waals surface area (Å²) < 4.78 is 5.36. The Morgan fingerprint density at radius 3 is 2.46 bits per heavy atom. The van der Waals surface area contributed by atoms with E-state index in [9.17, 15) is 4.79 Å². The lowest BCUT2D eigenvalue weighted by molar-refractivity contribution is -0.127. The van der Waals surface area contributed by atoms with E-state index < -0.39 is 0 Å². The van der Waals surface area contributed by atoms with E-state index >= 15 is 0 Å². The predicted octanol–water partition coefficient (Wildman–Crippen LogP) is 2.89. The van der Waals surface area contributed by atoms with Gasteiger partial charge >= 0.3 is 0 Å². The van der Waals surface area contributed by atoms with E-state index in [0.717, 1.165) is 31.9 Å². The van der Waals surface area contributed by atoms with Gasteiger partial charge in [0, 0.05) is 12.5 Å². The van der Waals surface area contributed by atoms with Crippen LogP contribution in [-0.2, 0) is 4.79 Å². The van der Waals surface area contributed by atoms with Crippen molar-refractivity contribution >= 4 is 30.7 Å². The third kappa shape index (κ3) is 6.31. The lowest BCUT2D eigenvalue weighted by Gasteiger charge is -2.33. The molecule has 0 saturated carbocycles. The van der Waals surface area contributed by atoms with Crippen molar-refractivity contribution < 1.29 is 9.53 Å². The maximum atomic E-state index is 12.5. The molecule has 1 aromatic rings. The van der Waals surface area contributed by atoms with Crippen molar-refractivity contribution in [2.24, 2.45) is 11.8 Å². The van der Waals surface area contributed by atoms with Gasteiger partial charge in [-0.2, -0.15) is 0 Å². The van der Waals surface area contributed by atoms with Gasteiger partial charge in [-0.15, -0.1) is 24.8 Å². The van der Waals surface area contributed by atoms with Gasteiger partial charge in [0.2, 0.25) is 5.91 Å². The molecule has 7 heteroatoms. The lowest BCUT2D eigenvalue weighted by atomic mass is 9.88. The molecule has 2 N–H and O–H groups in total. The molecule has 1 aromatic carbocycles. The third-order valence-electron chi connectivity index (χ3n) is 5.14. The minimum Gasteiger partial charge on any atom is -0.497 e. The summed E-state index contributed by atoms with van der Waals surface area (Å²) in [5, 5.41) is 6.40. The SMILES string of the molecule is CCN(CC)C(CNC(=O)C(C)C1CNC1)c1cccc(OC)c1.Cl.Cl. The number of ether oxygens (including phenoxy) is 1. The Hall–Kier alpha value is -1.01. The Labute approximate surface area is 170 Å². The maximum absolute atomic E-state index is 12.5. The Bertz CT molecular complexity index is 537. The quantitative estimate of drug-likeness (QED) is 0.662. The molecule has 1 saturated heterocycles. The average molecular weight is 406 g/mol. The van der Waals surface area contributed by atoms with Gasteiger partial charge < -0.3 is 15.4 Å². The molecule has 0 aliphatic carbocycles. The summed E-state index contributed by atoms with van der Waals surface area (Å²) in [6.45, 7) is 10.7. The summed E-state index contributed by atoms with van der Waals surface area (Å²) in [5.74, 6) is 1.54. The van der Waals surface area contributed by atoms with Crippen molar-refractivity contribution in [1.82, 2.24) is 15.5 Å². The number of amides is 1. The first-order valence-electron chi connectivity index (χ1n) is 8.97. The van der Waals surface area contributed by atoms with E-state index in [1.807, 2.05) is 19.1 Å². The molecule has 1 amide bonds. The second-order valence-corrected chi connectivity index (χ2v) is 6.47. The van der Waals surface area contributed by atoms with E-state index in [0.29, 0.717) is 12.5 Å². The molecule has 1 fully saturated rings. The van der Waals surface area contributed by atoms with Gasteiger partial charge in [0.25, 0.3) is 0 Å². The highest BCUT2D eigenvalue weighted by molar-refractivity contribution is 5.85. The van der Waals surface area contributed by atoms with Crippen LogP contribution in [0, 0.1) is 11.8 Å². The van der Waals surface area contributed by atoms with Crippen molar-refractivity contribution in [2.75, 3.05) is 39.8 Å². The topological polar surface area (TPSA) is 53.6 Å². The van der Waals surface area contributed by atoms with Crippen LogP contribution in [0.1, 0.15) is 32.4 Å². The minimum atomic E-state index is 0. The molecule has 2 atom stereocenters. The maximum Gasteiger partial charge on any atom is 0.223 e. The number of carbonyl (C=O) groups is 1. The van der Waals surface area contributed by atoms with Gasteiger partial charge in [-0.1, -0.05) is 32.9 Å². The summed E-state index contributed by atoms with van der Waals surface area (Å²) in [7, 11) is 1.68. The first kappa shape index (κ1) is 25.0. The molecule has 0 bridgehead atoms. The lowest BCUT2D eigenvalue weighted by Crippen LogP contribution is -2.50. The van der Waals surface area contributed by atoms with Crippen molar-refractivity contribution in [3.8, 4) is 5.75 Å². The molecule has 1 aliphatic heterocycles. The van der Waals surface area contributed by atoms with E-state index in [4.69, 9.17) is 4.74 Å². The number of hydrogen-bond donors (Lipinski definition) is 2. The Kier molecular flexibility index (Phi) is 11.9. The largest absolute Gasteiger partial charge is 0.497 e. The number of hydrogen-bond acceptors (Lipinski definition) is 4. The number of halogens is 2. The van der Waals surface area contributed by atoms with Crippen LogP contribution < -0.4 is 15.4 Å². The molecule has 2 unspecified atom stereocenters. The first-order valence-corrected chi connectivity index (χ1v) is 8.97. The highest BCUT2D eigenvalue weighted by atomic mass is 35.5. The van der Waals surface area contributed by atoms with Crippen LogP contribution in [0.5, 0.6) is 5.75 Å². The van der Waals surface area contributed by atoms with E-state index in [1.165, 1.54) is 5.56 Å². The van der Waals surface area contributed by atoms with Gasteiger partial charge in [0.15, 0.2) is 0 Å². The monoisotopic (exact) mass is 405 g/mol. The number of nitrogens with zero attached hydrogens (tertiary/aromatic N) is 1. The zero-order valence-corrected chi connectivity index (χ0v) is 17.8. The minimum absolute atomic E-state index is 0. The van der Waals surface area contributed by atoms with Crippen LogP contribution in [0.2, 0.25) is 0 Å². The van der Waals surface area contributed by atoms with Crippen LogP contribution >= 0.6 is 24.8 Å². The van der Waals surface area contributed by atoms with Crippen LogP contribution in [0.3, 0.4) is 0 Å². The van der Waals surface area contributed by atoms with Crippen molar-refractivity contribution in [2.45, 2.75) is 26.8 Å². The highest BCUT2D eigenvalue weighted by Gasteiger charge is 2.29. The molecule has 0 aromatic heterocycles. The molecule has 2 rings (SSSR count). The second-order valence-electron chi connectivity index (χ2n) is 6.47. The van der Waals surface area contributed by atoms with Crippen LogP contribution in [0.4, 0.5) is 0 Å². The molecule has 5 nitrogen and oxygen atoms in total. The smallest absolute Gasteiger partial charge is 0.223 e. The molecule has 1 heterocycles. The molecular weight excluding hydrogens is 373 g/mol. The Balaban J connectivity index is 0.00000312. The summed E-state index contributed by atoms with van der Waals surface area (Å²) >= 11 is 0. The summed E-state index contributed by atoms with van der Waals surface area (Å²) in [4.78, 5) is 14.8. The normalized spacial score (nSPS) is 15.9. The van der Waals surface area contributed by atoms with E-state index in [-0.39, 0.29) is 42.7 Å². The average Bonchev–Trinajstić information content (AvgIpc) is 2.56. The zero-order valence-electron chi connectivity index (χ0n) is 16.2. The number of benzene rings is 1. The van der Waals surface area contributed by atoms with Crippen molar-refractivity contribution in [3.63, 3.8) is 0 Å². The van der Waals surface area contributed by atoms with E-state index in [1.54, 1.807) is 7.11 Å². The fraction of sp³-hybridized carbons (Fsp3) is 0.632. The van der Waals surface area contributed by atoms with Crippen LogP contribution in [-0.4, -0.2) is 50.6 Å². The standard InChI is InChI=1S/C19H31N3O2.2ClH/c1-5-22(6-2)18(15-8-7-9-17(10-15)24-4)13-21-19(23)14(3)16-11-20-12-16;;/h7-10,14,16,18,20H,5-6,11-13H2,1-4H3,(H,21,23);2*1H. The highest BCUT2D eigenvalue weighted by Crippen LogP contribution is 2.24. The second kappa shape index (κ2) is 12.4. The van der Waals surface area contributed by atoms with Gasteiger partial charge in [-0.05, 0) is 49.8 Å².